The molecule has 0 aliphatic rings. The molecule has 0 fully saturated rings. The van der Waals surface area contributed by atoms with Gasteiger partial charge < -0.3 is 5.11 Å². The highest BCUT2D eigenvalue weighted by Crippen LogP contribution is 2.33. The first-order valence-corrected chi connectivity index (χ1v) is 4.73. The quantitative estimate of drug-likeness (QED) is 0.575. The van der Waals surface area contributed by atoms with Crippen molar-refractivity contribution in [3.8, 4) is 5.75 Å². The molecular formula is C8H3Cl3N2O. The van der Waals surface area contributed by atoms with Crippen LogP contribution < -0.4 is 0 Å². The van der Waals surface area contributed by atoms with Crippen molar-refractivity contribution < 1.29 is 5.11 Å². The van der Waals surface area contributed by atoms with Crippen LogP contribution in [0.3, 0.4) is 0 Å². The van der Waals surface area contributed by atoms with E-state index < -0.39 is 0 Å². The maximum atomic E-state index is 9.57. The van der Waals surface area contributed by atoms with Crippen LogP contribution in [0.5, 0.6) is 5.75 Å². The van der Waals surface area contributed by atoms with E-state index in [0.29, 0.717) is 5.39 Å². The first-order valence-electron chi connectivity index (χ1n) is 3.60. The Labute approximate surface area is 94.3 Å². The molecule has 72 valence electrons. The molecule has 0 spiro atoms. The Balaban J connectivity index is 2.95. The Kier molecular flexibility index (Phi) is 2.39. The highest BCUT2D eigenvalue weighted by Gasteiger charge is 2.10. The van der Waals surface area contributed by atoms with Crippen LogP contribution >= 0.6 is 34.8 Å². The second-order valence-corrected chi connectivity index (χ2v) is 3.68. The maximum Gasteiger partial charge on any atom is 0.224 e. The van der Waals surface area contributed by atoms with Crippen LogP contribution in [0.25, 0.3) is 10.9 Å². The van der Waals surface area contributed by atoms with Gasteiger partial charge in [-0.15, -0.1) is 0 Å². The lowest BCUT2D eigenvalue weighted by Gasteiger charge is -2.03. The Morgan fingerprint density at radius 1 is 1.07 bits per heavy atom. The molecule has 0 radical (unpaired) electrons. The zero-order valence-electron chi connectivity index (χ0n) is 6.63. The lowest BCUT2D eigenvalue weighted by Crippen LogP contribution is -1.87. The Bertz CT molecular complexity index is 515. The number of fused-ring (bicyclic) bond motifs is 1. The number of benzene rings is 1. The Morgan fingerprint density at radius 3 is 2.50 bits per heavy atom. The molecule has 0 unspecified atom stereocenters. The van der Waals surface area contributed by atoms with Gasteiger partial charge in [-0.2, -0.15) is 0 Å². The SMILES string of the molecule is Oc1c(Cl)ccc2c(Cl)nc(Cl)nc12. The normalized spacial score (nSPS) is 10.8. The van der Waals surface area contributed by atoms with E-state index in [2.05, 4.69) is 9.97 Å². The fraction of sp³-hybridized carbons (Fsp3) is 0. The molecular weight excluding hydrogens is 246 g/mol. The van der Waals surface area contributed by atoms with E-state index in [4.69, 9.17) is 34.8 Å². The second kappa shape index (κ2) is 3.42. The van der Waals surface area contributed by atoms with E-state index in [9.17, 15) is 5.11 Å². The van der Waals surface area contributed by atoms with Gasteiger partial charge in [0.2, 0.25) is 5.28 Å². The van der Waals surface area contributed by atoms with E-state index in [1.807, 2.05) is 0 Å². The van der Waals surface area contributed by atoms with Crippen molar-refractivity contribution in [3.05, 3.63) is 27.6 Å². The minimum atomic E-state index is -0.143. The molecule has 3 nitrogen and oxygen atoms in total. The van der Waals surface area contributed by atoms with Gasteiger partial charge in [0, 0.05) is 5.39 Å². The third kappa shape index (κ3) is 1.47. The molecule has 6 heteroatoms. The number of aromatic nitrogens is 2. The summed E-state index contributed by atoms with van der Waals surface area (Å²) >= 11 is 17.1. The van der Waals surface area contributed by atoms with Crippen molar-refractivity contribution in [2.45, 2.75) is 0 Å². The molecule has 0 bridgehead atoms. The maximum absolute atomic E-state index is 9.57. The fourth-order valence-electron chi connectivity index (χ4n) is 1.09. The van der Waals surface area contributed by atoms with Gasteiger partial charge in [0.25, 0.3) is 0 Å². The monoisotopic (exact) mass is 248 g/mol. The summed E-state index contributed by atoms with van der Waals surface area (Å²) in [5.41, 5.74) is 0.252. The molecule has 0 aliphatic carbocycles. The minimum absolute atomic E-state index is 0.0277. The van der Waals surface area contributed by atoms with Crippen molar-refractivity contribution in [2.24, 2.45) is 0 Å². The van der Waals surface area contributed by atoms with Gasteiger partial charge in [-0.05, 0) is 23.7 Å². The summed E-state index contributed by atoms with van der Waals surface area (Å²) in [7, 11) is 0. The molecule has 2 rings (SSSR count). The highest BCUT2D eigenvalue weighted by molar-refractivity contribution is 6.37. The van der Waals surface area contributed by atoms with E-state index in [0.717, 1.165) is 0 Å². The average molecular weight is 249 g/mol. The van der Waals surface area contributed by atoms with E-state index >= 15 is 0 Å². The van der Waals surface area contributed by atoms with Crippen molar-refractivity contribution in [2.75, 3.05) is 0 Å². The van der Waals surface area contributed by atoms with Gasteiger partial charge in [0.15, 0.2) is 5.75 Å². The summed E-state index contributed by atoms with van der Waals surface area (Å²) in [6.45, 7) is 0. The van der Waals surface area contributed by atoms with Gasteiger partial charge >= 0.3 is 0 Å². The smallest absolute Gasteiger partial charge is 0.224 e. The lowest BCUT2D eigenvalue weighted by atomic mass is 10.2. The third-order valence-corrected chi connectivity index (χ3v) is 2.48. The van der Waals surface area contributed by atoms with E-state index in [1.165, 1.54) is 6.07 Å². The summed E-state index contributed by atoms with van der Waals surface area (Å²) in [6, 6.07) is 3.14. The zero-order chi connectivity index (χ0) is 10.3. The number of phenols is 1. The summed E-state index contributed by atoms with van der Waals surface area (Å²) in [5.74, 6) is -0.143. The van der Waals surface area contributed by atoms with Crippen molar-refractivity contribution in [1.82, 2.24) is 9.97 Å². The van der Waals surface area contributed by atoms with Crippen LogP contribution in [0.15, 0.2) is 12.1 Å². The van der Waals surface area contributed by atoms with Gasteiger partial charge in [-0.3, -0.25) is 0 Å². The molecule has 1 N–H and O–H groups in total. The van der Waals surface area contributed by atoms with E-state index in [-0.39, 0.29) is 26.7 Å². The topological polar surface area (TPSA) is 46.0 Å². The number of phenolic OH excluding ortho intramolecular Hbond substituents is 1. The standard InChI is InChI=1S/C8H3Cl3N2O/c9-4-2-1-3-5(6(4)14)12-8(11)13-7(3)10/h1-2,14H. The number of hydrogen-bond donors (Lipinski definition) is 1. The first kappa shape index (κ1) is 9.77. The molecule has 1 heterocycles. The summed E-state index contributed by atoms with van der Waals surface area (Å²) in [4.78, 5) is 7.57. The minimum Gasteiger partial charge on any atom is -0.504 e. The second-order valence-electron chi connectivity index (χ2n) is 2.58. The molecule has 1 aromatic carbocycles. The van der Waals surface area contributed by atoms with Crippen LogP contribution in [0, 0.1) is 0 Å². The number of hydrogen-bond acceptors (Lipinski definition) is 3. The molecule has 0 saturated carbocycles. The summed E-state index contributed by atoms with van der Waals surface area (Å²) in [6.07, 6.45) is 0. The van der Waals surface area contributed by atoms with Crippen LogP contribution in [0.1, 0.15) is 0 Å². The summed E-state index contributed by atoms with van der Waals surface area (Å²) in [5, 5.41) is 10.4. The van der Waals surface area contributed by atoms with Gasteiger partial charge in [-0.1, -0.05) is 23.2 Å². The molecule has 0 amide bonds. The highest BCUT2D eigenvalue weighted by atomic mass is 35.5. The van der Waals surface area contributed by atoms with Gasteiger partial charge in [0.1, 0.15) is 10.7 Å². The van der Waals surface area contributed by atoms with Gasteiger partial charge in [0.05, 0.1) is 5.02 Å². The average Bonchev–Trinajstić information content (AvgIpc) is 2.12. The predicted molar refractivity (Wildman–Crippen MR) is 56.2 cm³/mol. The van der Waals surface area contributed by atoms with Crippen LogP contribution in [-0.2, 0) is 0 Å². The Hall–Kier alpha value is -0.770. The first-order chi connectivity index (χ1) is 6.59. The summed E-state index contributed by atoms with van der Waals surface area (Å²) < 4.78 is 0. The Morgan fingerprint density at radius 2 is 1.79 bits per heavy atom. The fourth-order valence-corrected chi connectivity index (χ4v) is 1.69. The predicted octanol–water partition coefficient (Wildman–Crippen LogP) is 3.30. The number of halogens is 3. The molecule has 14 heavy (non-hydrogen) atoms. The van der Waals surface area contributed by atoms with Crippen LogP contribution in [0.2, 0.25) is 15.5 Å². The number of nitrogens with zero attached hydrogens (tertiary/aromatic N) is 2. The molecule has 2 aromatic rings. The molecule has 0 aliphatic heterocycles. The van der Waals surface area contributed by atoms with Crippen LogP contribution in [0.4, 0.5) is 0 Å². The number of aromatic hydroxyl groups is 1. The molecule has 0 atom stereocenters. The molecule has 1 aromatic heterocycles. The van der Waals surface area contributed by atoms with Crippen molar-refractivity contribution >= 4 is 45.7 Å². The third-order valence-electron chi connectivity index (χ3n) is 1.72. The van der Waals surface area contributed by atoms with Crippen molar-refractivity contribution in [3.63, 3.8) is 0 Å². The zero-order valence-corrected chi connectivity index (χ0v) is 8.90. The largest absolute Gasteiger partial charge is 0.504 e. The molecule has 0 saturated heterocycles. The van der Waals surface area contributed by atoms with Crippen LogP contribution in [-0.4, -0.2) is 15.1 Å². The lowest BCUT2D eigenvalue weighted by molar-refractivity contribution is 0.480. The van der Waals surface area contributed by atoms with Crippen molar-refractivity contribution in [1.29, 1.82) is 0 Å². The van der Waals surface area contributed by atoms with Gasteiger partial charge in [-0.25, -0.2) is 9.97 Å². The number of rotatable bonds is 0. The van der Waals surface area contributed by atoms with E-state index in [1.54, 1.807) is 6.07 Å².